The van der Waals surface area contributed by atoms with Crippen molar-refractivity contribution in [1.29, 1.82) is 10.5 Å². The van der Waals surface area contributed by atoms with E-state index in [0.717, 1.165) is 36.6 Å². The monoisotopic (exact) mass is 577 g/mol. The van der Waals surface area contributed by atoms with Gasteiger partial charge in [0.05, 0.1) is 58.7 Å². The third-order valence-electron chi connectivity index (χ3n) is 6.03. The van der Waals surface area contributed by atoms with E-state index in [4.69, 9.17) is 0 Å². The van der Waals surface area contributed by atoms with E-state index in [1.54, 1.807) is 6.07 Å². The van der Waals surface area contributed by atoms with E-state index in [1.165, 1.54) is 13.0 Å². The zero-order valence-corrected chi connectivity index (χ0v) is 21.8. The number of halogens is 3. The number of aliphatic hydroxyl groups excluding tert-OH is 2. The average Bonchev–Trinajstić information content (AvgIpc) is 2.90. The van der Waals surface area contributed by atoms with Crippen LogP contribution in [0.25, 0.3) is 0 Å². The van der Waals surface area contributed by atoms with Gasteiger partial charge in [-0.15, -0.1) is 0 Å². The quantitative estimate of drug-likeness (QED) is 0.470. The number of carbonyl (C=O) groups is 2. The minimum Gasteiger partial charge on any atom is -0.394 e. The fourth-order valence-electron chi connectivity index (χ4n) is 4.12. The normalized spacial score (nSPS) is 16.1. The highest BCUT2D eigenvalue weighted by atomic mass is 32.2. The Balaban J connectivity index is 2.37. The maximum Gasteiger partial charge on any atom is 0.416 e. The van der Waals surface area contributed by atoms with E-state index in [0.29, 0.717) is 15.9 Å². The smallest absolute Gasteiger partial charge is 0.394 e. The van der Waals surface area contributed by atoms with E-state index in [9.17, 15) is 51.9 Å². The summed E-state index contributed by atoms with van der Waals surface area (Å²) in [5.74, 6) is 0. The second-order valence-corrected chi connectivity index (χ2v) is 10.7. The number of hydrogen-bond donors (Lipinski definition) is 3. The Kier molecular flexibility index (Phi) is 8.54. The van der Waals surface area contributed by atoms with Crippen molar-refractivity contribution in [3.63, 3.8) is 0 Å². The Morgan fingerprint density at radius 1 is 1.12 bits per heavy atom. The van der Waals surface area contributed by atoms with Crippen molar-refractivity contribution in [2.24, 2.45) is 0 Å². The summed E-state index contributed by atoms with van der Waals surface area (Å²) in [6.07, 6.45) is -3.97. The van der Waals surface area contributed by atoms with Gasteiger partial charge in [-0.05, 0) is 42.8 Å². The molecule has 1 aliphatic heterocycles. The predicted octanol–water partition coefficient (Wildman–Crippen LogP) is 2.82. The minimum absolute atomic E-state index is 0.0762. The number of benzene rings is 2. The van der Waals surface area contributed by atoms with Gasteiger partial charge in [-0.3, -0.25) is 4.90 Å². The highest BCUT2D eigenvalue weighted by Crippen LogP contribution is 2.42. The van der Waals surface area contributed by atoms with Crippen molar-refractivity contribution in [3.05, 3.63) is 70.4 Å². The summed E-state index contributed by atoms with van der Waals surface area (Å²) < 4.78 is 65.7. The van der Waals surface area contributed by atoms with Crippen LogP contribution in [0.3, 0.4) is 0 Å². The maximum atomic E-state index is 13.9. The van der Waals surface area contributed by atoms with Gasteiger partial charge in [-0.1, -0.05) is 12.1 Å². The van der Waals surface area contributed by atoms with E-state index in [-0.39, 0.29) is 28.1 Å². The number of imide groups is 1. The van der Waals surface area contributed by atoms with Gasteiger partial charge in [0.15, 0.2) is 9.84 Å². The van der Waals surface area contributed by atoms with E-state index in [2.05, 4.69) is 5.32 Å². The standard InChI is InChI=1S/C25H22F3N5O6S/c1-14-20(11-30)22(19-7-6-15(10-29)8-21(19)40(2,38)39)33(23(36)31-17(12-34)13-35)24(37)32(14)18-5-3-4-16(9-18)25(26,27)28/h3-9,17,22,34-35H,12-13H2,1-2H3,(H,31,36)/t22-/m1/s1. The molecule has 3 N–H and O–H groups in total. The maximum absolute atomic E-state index is 13.9. The van der Waals surface area contributed by atoms with Crippen molar-refractivity contribution >= 4 is 27.6 Å². The van der Waals surface area contributed by atoms with Crippen LogP contribution < -0.4 is 10.2 Å². The lowest BCUT2D eigenvalue weighted by atomic mass is 9.93. The van der Waals surface area contributed by atoms with Gasteiger partial charge in [0.1, 0.15) is 6.04 Å². The molecule has 0 aromatic heterocycles. The molecule has 210 valence electrons. The Bertz CT molecular complexity index is 1570. The molecule has 0 unspecified atom stereocenters. The van der Waals surface area contributed by atoms with Crippen LogP contribution in [0.2, 0.25) is 0 Å². The number of nitrogens with zero attached hydrogens (tertiary/aromatic N) is 4. The molecule has 2 aromatic rings. The molecule has 15 heteroatoms. The molecule has 0 radical (unpaired) electrons. The van der Waals surface area contributed by atoms with Crippen LogP contribution in [-0.2, 0) is 16.0 Å². The van der Waals surface area contributed by atoms with E-state index >= 15 is 0 Å². The first-order valence-corrected chi connectivity index (χ1v) is 13.3. The molecule has 0 aliphatic carbocycles. The van der Waals surface area contributed by atoms with Crippen molar-refractivity contribution in [1.82, 2.24) is 10.2 Å². The molecule has 0 spiro atoms. The highest BCUT2D eigenvalue weighted by Gasteiger charge is 2.45. The zero-order valence-electron chi connectivity index (χ0n) is 21.0. The Morgan fingerprint density at radius 3 is 2.30 bits per heavy atom. The second-order valence-electron chi connectivity index (χ2n) is 8.70. The Hall–Kier alpha value is -4.44. The van der Waals surface area contributed by atoms with Gasteiger partial charge in [-0.2, -0.15) is 23.7 Å². The molecule has 11 nitrogen and oxygen atoms in total. The molecule has 1 atom stereocenters. The lowest BCUT2D eigenvalue weighted by Gasteiger charge is -2.41. The van der Waals surface area contributed by atoms with Crippen LogP contribution >= 0.6 is 0 Å². The molecule has 0 bridgehead atoms. The number of rotatable bonds is 6. The molecule has 4 amide bonds. The van der Waals surface area contributed by atoms with Crippen LogP contribution in [0.15, 0.2) is 58.6 Å². The van der Waals surface area contributed by atoms with Gasteiger partial charge in [0, 0.05) is 12.0 Å². The van der Waals surface area contributed by atoms with Crippen LogP contribution in [0, 0.1) is 22.7 Å². The van der Waals surface area contributed by atoms with Gasteiger partial charge < -0.3 is 15.5 Å². The number of hydrogen-bond acceptors (Lipinski definition) is 8. The molecular formula is C25H22F3N5O6S. The number of amides is 4. The number of anilines is 1. The van der Waals surface area contributed by atoms with Crippen LogP contribution in [-0.4, -0.2) is 61.1 Å². The number of aliphatic hydroxyl groups is 2. The molecule has 2 aromatic carbocycles. The first kappa shape index (κ1) is 30.1. The predicted molar refractivity (Wildman–Crippen MR) is 133 cm³/mol. The fraction of sp³-hybridized carbons (Fsp3) is 0.280. The van der Waals surface area contributed by atoms with Crippen molar-refractivity contribution in [2.75, 3.05) is 24.4 Å². The fourth-order valence-corrected chi connectivity index (χ4v) is 5.07. The van der Waals surface area contributed by atoms with Crippen molar-refractivity contribution in [3.8, 4) is 12.1 Å². The Labute approximate surface area is 226 Å². The van der Waals surface area contributed by atoms with E-state index < -0.39 is 63.8 Å². The summed E-state index contributed by atoms with van der Waals surface area (Å²) in [7, 11) is -4.12. The Morgan fingerprint density at radius 2 is 1.77 bits per heavy atom. The average molecular weight is 578 g/mol. The SMILES string of the molecule is CC1=C(C#N)[C@@H](c2ccc(C#N)cc2S(C)(=O)=O)N(C(=O)NC(CO)CO)C(=O)N1c1cccc(C(F)(F)F)c1. The summed E-state index contributed by atoms with van der Waals surface area (Å²) in [4.78, 5) is 27.9. The lowest BCUT2D eigenvalue weighted by Crippen LogP contribution is -2.57. The van der Waals surface area contributed by atoms with Crippen LogP contribution in [0.4, 0.5) is 28.4 Å². The van der Waals surface area contributed by atoms with Crippen molar-refractivity contribution < 1.29 is 41.4 Å². The molecule has 1 aliphatic rings. The molecule has 0 fully saturated rings. The van der Waals surface area contributed by atoms with E-state index in [1.807, 2.05) is 6.07 Å². The number of allylic oxidation sites excluding steroid dienone is 1. The van der Waals surface area contributed by atoms with Crippen LogP contribution in [0.1, 0.15) is 29.7 Å². The summed E-state index contributed by atoms with van der Waals surface area (Å²) in [5, 5.41) is 40.5. The molecular weight excluding hydrogens is 555 g/mol. The van der Waals surface area contributed by atoms with Crippen LogP contribution in [0.5, 0.6) is 0 Å². The third kappa shape index (κ3) is 5.76. The highest BCUT2D eigenvalue weighted by molar-refractivity contribution is 7.90. The number of urea groups is 2. The number of alkyl halides is 3. The molecule has 0 saturated carbocycles. The summed E-state index contributed by atoms with van der Waals surface area (Å²) in [5.41, 5.74) is -2.33. The largest absolute Gasteiger partial charge is 0.416 e. The zero-order chi connectivity index (χ0) is 30.0. The van der Waals surface area contributed by atoms with Gasteiger partial charge in [-0.25, -0.2) is 22.9 Å². The summed E-state index contributed by atoms with van der Waals surface area (Å²) in [6, 6.07) is 4.99. The summed E-state index contributed by atoms with van der Waals surface area (Å²) in [6.45, 7) is -0.289. The third-order valence-corrected chi connectivity index (χ3v) is 7.18. The molecule has 3 rings (SSSR count). The first-order valence-electron chi connectivity index (χ1n) is 11.4. The lowest BCUT2D eigenvalue weighted by molar-refractivity contribution is -0.137. The molecule has 40 heavy (non-hydrogen) atoms. The van der Waals surface area contributed by atoms with Gasteiger partial charge in [0.25, 0.3) is 0 Å². The number of sulfone groups is 1. The number of nitriles is 2. The molecule has 0 saturated heterocycles. The van der Waals surface area contributed by atoms with Gasteiger partial charge >= 0.3 is 18.2 Å². The molecule has 1 heterocycles. The topological polar surface area (TPSA) is 175 Å². The second kappa shape index (κ2) is 11.4. The minimum atomic E-state index is -4.79. The first-order chi connectivity index (χ1) is 18.7. The van der Waals surface area contributed by atoms with Gasteiger partial charge in [0.2, 0.25) is 0 Å². The van der Waals surface area contributed by atoms with Crippen molar-refractivity contribution in [2.45, 2.75) is 30.1 Å². The number of carbonyl (C=O) groups excluding carboxylic acids is 2. The summed E-state index contributed by atoms with van der Waals surface area (Å²) >= 11 is 0. The number of nitrogens with one attached hydrogen (secondary N) is 1.